The summed E-state index contributed by atoms with van der Waals surface area (Å²) in [5.41, 5.74) is 3.41. The van der Waals surface area contributed by atoms with E-state index in [0.29, 0.717) is 0 Å². The zero-order valence-corrected chi connectivity index (χ0v) is 16.7. The van der Waals surface area contributed by atoms with Gasteiger partial charge < -0.3 is 9.47 Å². The molecule has 0 spiro atoms. The van der Waals surface area contributed by atoms with Gasteiger partial charge in [-0.2, -0.15) is 5.10 Å². The van der Waals surface area contributed by atoms with Crippen molar-refractivity contribution in [2.24, 2.45) is 5.10 Å². The predicted octanol–water partition coefficient (Wildman–Crippen LogP) is 5.78. The Labute approximate surface area is 169 Å². The molecule has 2 aromatic carbocycles. The maximum Gasteiger partial charge on any atom is 0.213 e. The maximum atomic E-state index is 6.40. The number of hydrazone groups is 1. The van der Waals surface area contributed by atoms with Gasteiger partial charge in [-0.3, -0.25) is 0 Å². The number of hydrogen-bond donors (Lipinski definition) is 0. The van der Waals surface area contributed by atoms with Crippen molar-refractivity contribution in [1.29, 1.82) is 0 Å². The number of benzene rings is 2. The molecule has 0 bridgehead atoms. The molecule has 2 atom stereocenters. The van der Waals surface area contributed by atoms with E-state index >= 15 is 0 Å². The molecule has 0 fully saturated rings. The fourth-order valence-electron chi connectivity index (χ4n) is 3.83. The van der Waals surface area contributed by atoms with Crippen LogP contribution in [0.5, 0.6) is 11.5 Å². The molecule has 1 aromatic heterocycles. The van der Waals surface area contributed by atoms with E-state index in [1.165, 1.54) is 10.4 Å². The van der Waals surface area contributed by atoms with E-state index in [0.717, 1.165) is 29.2 Å². The monoisotopic (exact) mass is 390 g/mol. The average Bonchev–Trinajstić information content (AvgIpc) is 3.37. The molecular formula is C23H22N2O2S. The number of thiophene rings is 1. The molecule has 0 radical (unpaired) electrons. The zero-order chi connectivity index (χ0) is 19.1. The molecule has 5 heteroatoms. The molecule has 2 aliphatic rings. The third-order valence-electron chi connectivity index (χ3n) is 5.04. The van der Waals surface area contributed by atoms with Crippen LogP contribution in [0.4, 0.5) is 0 Å². The minimum absolute atomic E-state index is 0.157. The molecular weight excluding hydrogens is 368 g/mol. The van der Waals surface area contributed by atoms with Crippen LogP contribution in [0.3, 0.4) is 0 Å². The largest absolute Gasteiger partial charge is 0.491 e. The summed E-state index contributed by atoms with van der Waals surface area (Å²) in [5.74, 6) is 1.81. The highest BCUT2D eigenvalue weighted by Crippen LogP contribution is 2.47. The SMILES string of the molecule is CC(C)Oc1ccc([C@@H]2Oc3ccccc3[C@@H]3CC(c4cccs4)=NN32)cc1. The van der Waals surface area contributed by atoms with Crippen molar-refractivity contribution in [3.05, 3.63) is 82.0 Å². The second-order valence-electron chi connectivity index (χ2n) is 7.37. The van der Waals surface area contributed by atoms with E-state index in [9.17, 15) is 0 Å². The summed E-state index contributed by atoms with van der Waals surface area (Å²) in [4.78, 5) is 1.23. The third kappa shape index (κ3) is 3.06. The summed E-state index contributed by atoms with van der Waals surface area (Å²) in [6.45, 7) is 4.06. The van der Waals surface area contributed by atoms with Gasteiger partial charge in [-0.05, 0) is 55.6 Å². The first-order valence-corrected chi connectivity index (χ1v) is 10.5. The van der Waals surface area contributed by atoms with Gasteiger partial charge in [-0.1, -0.05) is 24.3 Å². The van der Waals surface area contributed by atoms with Crippen molar-refractivity contribution in [2.75, 3.05) is 0 Å². The summed E-state index contributed by atoms with van der Waals surface area (Å²) < 4.78 is 12.2. The van der Waals surface area contributed by atoms with Crippen molar-refractivity contribution in [3.8, 4) is 11.5 Å². The quantitative estimate of drug-likeness (QED) is 0.566. The second kappa shape index (κ2) is 6.99. The molecule has 0 unspecified atom stereocenters. The number of ether oxygens (including phenoxy) is 2. The van der Waals surface area contributed by atoms with Crippen molar-refractivity contribution in [3.63, 3.8) is 0 Å². The Bertz CT molecular complexity index is 996. The van der Waals surface area contributed by atoms with Crippen LogP contribution >= 0.6 is 11.3 Å². The molecule has 5 rings (SSSR count). The van der Waals surface area contributed by atoms with Crippen LogP contribution in [0.15, 0.2) is 71.1 Å². The summed E-state index contributed by atoms with van der Waals surface area (Å²) in [5, 5.41) is 9.21. The standard InChI is InChI=1S/C23H22N2O2S/c1-15(2)26-17-11-9-16(10-12-17)23-25-20(18-6-3-4-7-21(18)27-23)14-19(24-25)22-8-5-13-28-22/h3-13,15,20,23H,14H2,1-2H3/t20-,23-/m0/s1. The molecule has 3 aromatic rings. The first kappa shape index (κ1) is 17.3. The number of nitrogens with zero attached hydrogens (tertiary/aromatic N) is 2. The third-order valence-corrected chi connectivity index (χ3v) is 5.96. The number of rotatable bonds is 4. The second-order valence-corrected chi connectivity index (χ2v) is 8.32. The van der Waals surface area contributed by atoms with Crippen LogP contribution in [0.25, 0.3) is 0 Å². The first-order valence-electron chi connectivity index (χ1n) is 9.61. The Morgan fingerprint density at radius 3 is 2.64 bits per heavy atom. The molecule has 0 saturated carbocycles. The average molecular weight is 391 g/mol. The smallest absolute Gasteiger partial charge is 0.213 e. The molecule has 2 aliphatic heterocycles. The zero-order valence-electron chi connectivity index (χ0n) is 15.9. The van der Waals surface area contributed by atoms with E-state index in [1.54, 1.807) is 11.3 Å². The Morgan fingerprint density at radius 2 is 1.89 bits per heavy atom. The van der Waals surface area contributed by atoms with Gasteiger partial charge in [0, 0.05) is 17.5 Å². The van der Waals surface area contributed by atoms with Gasteiger partial charge in [0.05, 0.1) is 22.7 Å². The van der Waals surface area contributed by atoms with Crippen LogP contribution in [0.1, 0.15) is 48.5 Å². The van der Waals surface area contributed by atoms with Crippen LogP contribution < -0.4 is 9.47 Å². The maximum absolute atomic E-state index is 6.40. The summed E-state index contributed by atoms with van der Waals surface area (Å²) in [6.07, 6.45) is 0.807. The van der Waals surface area contributed by atoms with Crippen LogP contribution in [-0.2, 0) is 0 Å². The van der Waals surface area contributed by atoms with Gasteiger partial charge in [0.15, 0.2) is 0 Å². The number of para-hydroxylation sites is 1. The highest BCUT2D eigenvalue weighted by atomic mass is 32.1. The summed E-state index contributed by atoms with van der Waals surface area (Å²) in [6, 6.07) is 20.9. The van der Waals surface area contributed by atoms with Gasteiger partial charge in [0.1, 0.15) is 11.5 Å². The van der Waals surface area contributed by atoms with E-state index in [2.05, 4.69) is 52.9 Å². The predicted molar refractivity (Wildman–Crippen MR) is 112 cm³/mol. The summed E-state index contributed by atoms with van der Waals surface area (Å²) in [7, 11) is 0. The Morgan fingerprint density at radius 1 is 1.07 bits per heavy atom. The minimum Gasteiger partial charge on any atom is -0.491 e. The van der Waals surface area contributed by atoms with Crippen LogP contribution in [-0.4, -0.2) is 16.8 Å². The lowest BCUT2D eigenvalue weighted by atomic mass is 9.98. The molecule has 28 heavy (non-hydrogen) atoms. The molecule has 0 saturated heterocycles. The Balaban J connectivity index is 1.52. The van der Waals surface area contributed by atoms with Gasteiger partial charge in [-0.15, -0.1) is 11.3 Å². The molecule has 0 N–H and O–H groups in total. The lowest BCUT2D eigenvalue weighted by molar-refractivity contribution is -0.0190. The molecule has 0 aliphatic carbocycles. The number of fused-ring (bicyclic) bond motifs is 3. The van der Waals surface area contributed by atoms with Gasteiger partial charge in [0.25, 0.3) is 0 Å². The molecule has 142 valence electrons. The topological polar surface area (TPSA) is 34.1 Å². The Hall–Kier alpha value is -2.79. The normalized spacial score (nSPS) is 20.4. The molecule has 3 heterocycles. The number of hydrogen-bond acceptors (Lipinski definition) is 5. The lowest BCUT2D eigenvalue weighted by Gasteiger charge is -2.38. The molecule has 0 amide bonds. The lowest BCUT2D eigenvalue weighted by Crippen LogP contribution is -2.33. The van der Waals surface area contributed by atoms with E-state index < -0.39 is 0 Å². The van der Waals surface area contributed by atoms with Crippen LogP contribution in [0, 0.1) is 0 Å². The molecule has 4 nitrogen and oxygen atoms in total. The first-order chi connectivity index (χ1) is 13.7. The van der Waals surface area contributed by atoms with E-state index in [-0.39, 0.29) is 18.4 Å². The van der Waals surface area contributed by atoms with Crippen molar-refractivity contribution < 1.29 is 9.47 Å². The Kier molecular flexibility index (Phi) is 4.32. The van der Waals surface area contributed by atoms with Gasteiger partial charge >= 0.3 is 0 Å². The van der Waals surface area contributed by atoms with Crippen molar-refractivity contribution >= 4 is 17.0 Å². The van der Waals surface area contributed by atoms with E-state index in [1.807, 2.05) is 32.0 Å². The van der Waals surface area contributed by atoms with Crippen molar-refractivity contribution in [2.45, 2.75) is 38.6 Å². The minimum atomic E-state index is -0.245. The van der Waals surface area contributed by atoms with Crippen molar-refractivity contribution in [1.82, 2.24) is 5.01 Å². The van der Waals surface area contributed by atoms with Crippen LogP contribution in [0.2, 0.25) is 0 Å². The summed E-state index contributed by atoms with van der Waals surface area (Å²) >= 11 is 1.74. The highest BCUT2D eigenvalue weighted by molar-refractivity contribution is 7.12. The fourth-order valence-corrected chi connectivity index (χ4v) is 4.55. The van der Waals surface area contributed by atoms with E-state index in [4.69, 9.17) is 14.6 Å². The van der Waals surface area contributed by atoms with Gasteiger partial charge in [-0.25, -0.2) is 5.01 Å². The fraction of sp³-hybridized carbons (Fsp3) is 0.261. The highest BCUT2D eigenvalue weighted by Gasteiger charge is 2.40. The van der Waals surface area contributed by atoms with Gasteiger partial charge in [0.2, 0.25) is 6.23 Å².